The highest BCUT2D eigenvalue weighted by molar-refractivity contribution is 6.39. The normalized spacial score (nSPS) is 21.9. The Morgan fingerprint density at radius 3 is 2.60 bits per heavy atom. The van der Waals surface area contributed by atoms with Gasteiger partial charge in [0.15, 0.2) is 0 Å². The first-order valence-electron chi connectivity index (χ1n) is 5.98. The smallest absolute Gasteiger partial charge is 0.272 e. The maximum absolute atomic E-state index is 10.7. The Hall–Kier alpha value is -1.08. The largest absolute Gasteiger partial charge is 0.380 e. The van der Waals surface area contributed by atoms with Gasteiger partial charge < -0.3 is 14.8 Å². The van der Waals surface area contributed by atoms with E-state index in [1.807, 2.05) is 0 Å². The fourth-order valence-electron chi connectivity index (χ4n) is 2.04. The summed E-state index contributed by atoms with van der Waals surface area (Å²) in [5.74, 6) is 0. The zero-order chi connectivity index (χ0) is 14.8. The van der Waals surface area contributed by atoms with Gasteiger partial charge in [-0.3, -0.25) is 10.1 Å². The molecule has 1 heterocycles. The summed E-state index contributed by atoms with van der Waals surface area (Å²) in [5.41, 5.74) is -0.104. The van der Waals surface area contributed by atoms with E-state index in [1.165, 1.54) is 12.1 Å². The molecule has 2 rings (SSSR count). The van der Waals surface area contributed by atoms with Crippen LogP contribution in [0.3, 0.4) is 0 Å². The summed E-state index contributed by atoms with van der Waals surface area (Å²) in [5, 5.41) is 14.2. The summed E-state index contributed by atoms with van der Waals surface area (Å²) < 4.78 is 10.8. The van der Waals surface area contributed by atoms with Crippen molar-refractivity contribution < 1.29 is 14.4 Å². The number of halogens is 2. The molecule has 0 bridgehead atoms. The average molecular weight is 321 g/mol. The molecule has 0 saturated carbocycles. The molecule has 1 aromatic rings. The number of ether oxygens (including phenoxy) is 2. The maximum atomic E-state index is 10.7. The average Bonchev–Trinajstić information content (AvgIpc) is 2.87. The number of nitrogens with zero attached hydrogens (tertiary/aromatic N) is 1. The standard InChI is InChI=1S/C12H14Cl2N2O4/c1-19-12(2-3-20-7-12)6-15-11-9(13)4-8(16(17)18)5-10(11)14/h4-5,15H,2-3,6-7H2,1H3. The molecule has 1 aromatic carbocycles. The van der Waals surface area contributed by atoms with Crippen molar-refractivity contribution in [2.24, 2.45) is 0 Å². The second kappa shape index (κ2) is 6.13. The zero-order valence-electron chi connectivity index (χ0n) is 10.8. The SMILES string of the molecule is COC1(CNc2c(Cl)cc([N+](=O)[O-])cc2Cl)CCOC1. The van der Waals surface area contributed by atoms with Crippen molar-refractivity contribution in [3.05, 3.63) is 32.3 Å². The topological polar surface area (TPSA) is 73.6 Å². The number of benzene rings is 1. The van der Waals surface area contributed by atoms with Crippen LogP contribution in [0.1, 0.15) is 6.42 Å². The molecule has 1 atom stereocenters. The van der Waals surface area contributed by atoms with E-state index < -0.39 is 10.5 Å². The number of hydrogen-bond acceptors (Lipinski definition) is 5. The maximum Gasteiger partial charge on any atom is 0.272 e. The monoisotopic (exact) mass is 320 g/mol. The van der Waals surface area contributed by atoms with Crippen LogP contribution >= 0.6 is 23.2 Å². The van der Waals surface area contributed by atoms with Gasteiger partial charge in [-0.1, -0.05) is 23.2 Å². The number of nitro benzene ring substituents is 1. The van der Waals surface area contributed by atoms with E-state index in [0.29, 0.717) is 25.4 Å². The number of rotatable bonds is 5. The van der Waals surface area contributed by atoms with E-state index in [1.54, 1.807) is 7.11 Å². The minimum Gasteiger partial charge on any atom is -0.380 e. The Bertz CT molecular complexity index is 495. The van der Waals surface area contributed by atoms with E-state index in [2.05, 4.69) is 5.32 Å². The summed E-state index contributed by atoms with van der Waals surface area (Å²) in [4.78, 5) is 10.2. The summed E-state index contributed by atoms with van der Waals surface area (Å²) >= 11 is 12.1. The van der Waals surface area contributed by atoms with Crippen molar-refractivity contribution in [1.29, 1.82) is 0 Å². The molecule has 1 unspecified atom stereocenters. The van der Waals surface area contributed by atoms with Gasteiger partial charge in [-0.2, -0.15) is 0 Å². The van der Waals surface area contributed by atoms with Gasteiger partial charge in [-0.05, 0) is 0 Å². The van der Waals surface area contributed by atoms with Crippen LogP contribution in [0.25, 0.3) is 0 Å². The highest BCUT2D eigenvalue weighted by Gasteiger charge is 2.35. The fourth-order valence-corrected chi connectivity index (χ4v) is 2.65. The molecule has 0 radical (unpaired) electrons. The quantitative estimate of drug-likeness (QED) is 0.666. The van der Waals surface area contributed by atoms with Crippen LogP contribution in [0.5, 0.6) is 0 Å². The van der Waals surface area contributed by atoms with Gasteiger partial charge in [-0.25, -0.2) is 0 Å². The lowest BCUT2D eigenvalue weighted by Crippen LogP contribution is -2.39. The number of nitrogens with one attached hydrogen (secondary N) is 1. The third kappa shape index (κ3) is 3.15. The van der Waals surface area contributed by atoms with Gasteiger partial charge in [-0.15, -0.1) is 0 Å². The summed E-state index contributed by atoms with van der Waals surface area (Å²) in [6, 6.07) is 2.53. The molecule has 0 amide bonds. The van der Waals surface area contributed by atoms with Crippen LogP contribution in [0.2, 0.25) is 10.0 Å². The van der Waals surface area contributed by atoms with Crippen molar-refractivity contribution in [3.8, 4) is 0 Å². The van der Waals surface area contributed by atoms with Crippen molar-refractivity contribution in [1.82, 2.24) is 0 Å². The van der Waals surface area contributed by atoms with Gasteiger partial charge in [0, 0.05) is 38.8 Å². The molecular formula is C12H14Cl2N2O4. The highest BCUT2D eigenvalue weighted by Crippen LogP contribution is 2.35. The van der Waals surface area contributed by atoms with Crippen molar-refractivity contribution >= 4 is 34.6 Å². The lowest BCUT2D eigenvalue weighted by Gasteiger charge is -2.26. The Kier molecular flexibility index (Phi) is 4.70. The minimum atomic E-state index is -0.539. The van der Waals surface area contributed by atoms with Gasteiger partial charge in [0.25, 0.3) is 5.69 Å². The molecule has 0 aromatic heterocycles. The molecule has 110 valence electrons. The molecule has 1 saturated heterocycles. The molecule has 8 heteroatoms. The van der Waals surface area contributed by atoms with Gasteiger partial charge in [0.1, 0.15) is 5.60 Å². The fraction of sp³-hybridized carbons (Fsp3) is 0.500. The van der Waals surface area contributed by atoms with Crippen molar-refractivity contribution in [2.75, 3.05) is 32.2 Å². The molecule has 0 spiro atoms. The second-order valence-electron chi connectivity index (χ2n) is 4.58. The first-order valence-corrected chi connectivity index (χ1v) is 6.73. The van der Waals surface area contributed by atoms with Crippen LogP contribution in [0.4, 0.5) is 11.4 Å². The number of non-ortho nitro benzene ring substituents is 1. The molecule has 1 aliphatic heterocycles. The van der Waals surface area contributed by atoms with E-state index in [9.17, 15) is 10.1 Å². The molecular weight excluding hydrogens is 307 g/mol. The number of methoxy groups -OCH3 is 1. The lowest BCUT2D eigenvalue weighted by atomic mass is 10.0. The summed E-state index contributed by atoms with van der Waals surface area (Å²) in [7, 11) is 1.62. The molecule has 1 N–H and O–H groups in total. The van der Waals surface area contributed by atoms with Crippen LogP contribution in [-0.4, -0.2) is 37.4 Å². The van der Waals surface area contributed by atoms with Crippen LogP contribution in [-0.2, 0) is 9.47 Å². The Labute approximate surface area is 126 Å². The minimum absolute atomic E-state index is 0.142. The van der Waals surface area contributed by atoms with Gasteiger partial charge in [0.05, 0.1) is 27.3 Å². The predicted octanol–water partition coefficient (Wildman–Crippen LogP) is 3.12. The predicted molar refractivity (Wildman–Crippen MR) is 76.8 cm³/mol. The van der Waals surface area contributed by atoms with Crippen molar-refractivity contribution in [3.63, 3.8) is 0 Å². The molecule has 20 heavy (non-hydrogen) atoms. The van der Waals surface area contributed by atoms with Crippen LogP contribution in [0.15, 0.2) is 12.1 Å². The Balaban J connectivity index is 2.15. The zero-order valence-corrected chi connectivity index (χ0v) is 12.3. The molecule has 1 fully saturated rings. The molecule has 0 aliphatic carbocycles. The van der Waals surface area contributed by atoms with E-state index >= 15 is 0 Å². The summed E-state index contributed by atoms with van der Waals surface area (Å²) in [6.07, 6.45) is 0.763. The summed E-state index contributed by atoms with van der Waals surface area (Å²) in [6.45, 7) is 1.58. The number of nitro groups is 1. The first-order chi connectivity index (χ1) is 9.47. The number of hydrogen-bond donors (Lipinski definition) is 1. The van der Waals surface area contributed by atoms with Crippen molar-refractivity contribution in [2.45, 2.75) is 12.0 Å². The second-order valence-corrected chi connectivity index (χ2v) is 5.40. The van der Waals surface area contributed by atoms with Crippen LogP contribution < -0.4 is 5.32 Å². The van der Waals surface area contributed by atoms with Gasteiger partial charge >= 0.3 is 0 Å². The van der Waals surface area contributed by atoms with E-state index in [-0.39, 0.29) is 15.7 Å². The third-order valence-corrected chi connectivity index (χ3v) is 3.92. The Morgan fingerprint density at radius 2 is 2.15 bits per heavy atom. The first kappa shape index (κ1) is 15.3. The van der Waals surface area contributed by atoms with E-state index in [0.717, 1.165) is 6.42 Å². The highest BCUT2D eigenvalue weighted by atomic mass is 35.5. The third-order valence-electron chi connectivity index (χ3n) is 3.33. The lowest BCUT2D eigenvalue weighted by molar-refractivity contribution is -0.384. The van der Waals surface area contributed by atoms with E-state index in [4.69, 9.17) is 32.7 Å². The molecule has 1 aliphatic rings. The van der Waals surface area contributed by atoms with Crippen LogP contribution in [0, 0.1) is 10.1 Å². The Morgan fingerprint density at radius 1 is 1.50 bits per heavy atom. The number of anilines is 1. The van der Waals surface area contributed by atoms with Gasteiger partial charge in [0.2, 0.25) is 0 Å². The molecule has 6 nitrogen and oxygen atoms in total.